The average molecular weight is 341 g/mol. The third-order valence-electron chi connectivity index (χ3n) is 3.77. The van der Waals surface area contributed by atoms with Gasteiger partial charge in [0.2, 0.25) is 0 Å². The molecule has 0 fully saturated rings. The predicted octanol–water partition coefficient (Wildman–Crippen LogP) is 3.82. The number of anilines is 2. The van der Waals surface area contributed by atoms with Crippen LogP contribution in [-0.4, -0.2) is 29.3 Å². The molecule has 1 aromatic heterocycles. The minimum absolute atomic E-state index is 0.0344. The van der Waals surface area contributed by atoms with Crippen molar-refractivity contribution in [2.45, 2.75) is 6.04 Å². The Kier molecular flexibility index (Phi) is 4.57. The molecule has 0 aliphatic rings. The third kappa shape index (κ3) is 3.44. The number of thiazole rings is 1. The Morgan fingerprint density at radius 3 is 2.42 bits per heavy atom. The maximum absolute atomic E-state index is 10.3. The topological polar surface area (TPSA) is 68.6 Å². The van der Waals surface area contributed by atoms with E-state index in [1.807, 2.05) is 48.6 Å². The largest absolute Gasteiger partial charge is 0.508 e. The highest BCUT2D eigenvalue weighted by Crippen LogP contribution is 2.35. The fourth-order valence-corrected chi connectivity index (χ4v) is 3.06. The average Bonchev–Trinajstić information content (AvgIpc) is 3.06. The molecule has 0 amide bonds. The second-order valence-electron chi connectivity index (χ2n) is 5.64. The molecule has 124 valence electrons. The van der Waals surface area contributed by atoms with Crippen molar-refractivity contribution in [2.24, 2.45) is 0 Å². The number of nitrogens with one attached hydrogen (secondary N) is 1. The molecule has 5 nitrogen and oxygen atoms in total. The van der Waals surface area contributed by atoms with Gasteiger partial charge < -0.3 is 20.4 Å². The Bertz CT molecular complexity index is 802. The summed E-state index contributed by atoms with van der Waals surface area (Å²) in [7, 11) is 3.98. The number of phenolic OH excluding ortho intramolecular Hbond substituents is 2. The van der Waals surface area contributed by atoms with E-state index >= 15 is 0 Å². The highest BCUT2D eigenvalue weighted by Gasteiger charge is 2.19. The quantitative estimate of drug-likeness (QED) is 0.658. The number of rotatable bonds is 5. The van der Waals surface area contributed by atoms with Crippen molar-refractivity contribution >= 4 is 22.2 Å². The molecule has 1 atom stereocenters. The van der Waals surface area contributed by atoms with Crippen molar-refractivity contribution < 1.29 is 10.2 Å². The highest BCUT2D eigenvalue weighted by molar-refractivity contribution is 7.13. The van der Waals surface area contributed by atoms with Gasteiger partial charge in [-0.25, -0.2) is 4.98 Å². The fourth-order valence-electron chi connectivity index (χ4n) is 2.50. The second-order valence-corrected chi connectivity index (χ2v) is 6.54. The summed E-state index contributed by atoms with van der Waals surface area (Å²) in [5.74, 6) is 0.0768. The molecule has 1 heterocycles. The molecule has 3 rings (SSSR count). The lowest BCUT2D eigenvalue weighted by molar-refractivity contribution is 0.445. The Labute approximate surface area is 144 Å². The number of hydrogen-bond acceptors (Lipinski definition) is 6. The van der Waals surface area contributed by atoms with Crippen LogP contribution < -0.4 is 10.2 Å². The summed E-state index contributed by atoms with van der Waals surface area (Å²) < 4.78 is 0. The van der Waals surface area contributed by atoms with E-state index in [0.717, 1.165) is 16.4 Å². The molecule has 1 unspecified atom stereocenters. The van der Waals surface area contributed by atoms with Crippen LogP contribution in [0.5, 0.6) is 11.5 Å². The van der Waals surface area contributed by atoms with E-state index in [2.05, 4.69) is 10.3 Å². The first-order valence-electron chi connectivity index (χ1n) is 7.50. The van der Waals surface area contributed by atoms with Gasteiger partial charge in [0.15, 0.2) is 5.13 Å². The lowest BCUT2D eigenvalue weighted by atomic mass is 9.97. The van der Waals surface area contributed by atoms with Gasteiger partial charge in [-0.2, -0.15) is 0 Å². The molecular weight excluding hydrogens is 322 g/mol. The first-order chi connectivity index (χ1) is 11.5. The van der Waals surface area contributed by atoms with Gasteiger partial charge >= 0.3 is 0 Å². The van der Waals surface area contributed by atoms with E-state index in [4.69, 9.17) is 0 Å². The number of aromatic hydroxyl groups is 2. The van der Waals surface area contributed by atoms with Gasteiger partial charge in [-0.1, -0.05) is 12.1 Å². The van der Waals surface area contributed by atoms with Crippen LogP contribution in [0.3, 0.4) is 0 Å². The molecule has 24 heavy (non-hydrogen) atoms. The van der Waals surface area contributed by atoms with Gasteiger partial charge in [0.1, 0.15) is 11.5 Å². The predicted molar refractivity (Wildman–Crippen MR) is 98.1 cm³/mol. The molecule has 3 aromatic rings. The van der Waals surface area contributed by atoms with Crippen molar-refractivity contribution in [3.8, 4) is 11.5 Å². The maximum atomic E-state index is 10.3. The number of aromatic nitrogens is 1. The summed E-state index contributed by atoms with van der Waals surface area (Å²) in [5.41, 5.74) is 2.78. The summed E-state index contributed by atoms with van der Waals surface area (Å²) >= 11 is 1.50. The zero-order valence-electron chi connectivity index (χ0n) is 13.5. The van der Waals surface area contributed by atoms with E-state index in [9.17, 15) is 10.2 Å². The van der Waals surface area contributed by atoms with Gasteiger partial charge in [-0.3, -0.25) is 0 Å². The molecule has 0 aliphatic carbocycles. The van der Waals surface area contributed by atoms with Crippen LogP contribution in [0, 0.1) is 0 Å². The molecule has 2 aromatic carbocycles. The zero-order valence-corrected chi connectivity index (χ0v) is 14.3. The molecule has 6 heteroatoms. The third-order valence-corrected chi connectivity index (χ3v) is 4.47. The first kappa shape index (κ1) is 16.1. The van der Waals surface area contributed by atoms with Crippen LogP contribution in [0.4, 0.5) is 10.8 Å². The summed E-state index contributed by atoms with van der Waals surface area (Å²) in [6.45, 7) is 0. The van der Waals surface area contributed by atoms with E-state index in [0.29, 0.717) is 5.56 Å². The van der Waals surface area contributed by atoms with E-state index in [1.165, 1.54) is 17.4 Å². The van der Waals surface area contributed by atoms with Crippen molar-refractivity contribution in [1.82, 2.24) is 4.98 Å². The Hall–Kier alpha value is -2.73. The van der Waals surface area contributed by atoms with Gasteiger partial charge in [0, 0.05) is 43.0 Å². The van der Waals surface area contributed by atoms with Gasteiger partial charge in [0.05, 0.1) is 6.04 Å². The molecule has 0 bridgehead atoms. The minimum Gasteiger partial charge on any atom is -0.508 e. The number of nitrogens with zero attached hydrogens (tertiary/aromatic N) is 2. The minimum atomic E-state index is -0.270. The smallest absolute Gasteiger partial charge is 0.183 e. The number of hydrogen-bond donors (Lipinski definition) is 3. The second kappa shape index (κ2) is 6.80. The maximum Gasteiger partial charge on any atom is 0.183 e. The van der Waals surface area contributed by atoms with Gasteiger partial charge in [0.25, 0.3) is 0 Å². The van der Waals surface area contributed by atoms with Crippen molar-refractivity contribution in [2.75, 3.05) is 24.3 Å². The fraction of sp³-hybridized carbons (Fsp3) is 0.167. The van der Waals surface area contributed by atoms with Gasteiger partial charge in [-0.05, 0) is 29.8 Å². The first-order valence-corrected chi connectivity index (χ1v) is 8.38. The summed E-state index contributed by atoms with van der Waals surface area (Å²) in [4.78, 5) is 6.30. The van der Waals surface area contributed by atoms with Crippen LogP contribution in [0.15, 0.2) is 54.0 Å². The molecular formula is C18H19N3O2S. The monoisotopic (exact) mass is 341 g/mol. The number of phenols is 2. The van der Waals surface area contributed by atoms with Crippen molar-refractivity contribution in [1.29, 1.82) is 0 Å². The number of benzene rings is 2. The highest BCUT2D eigenvalue weighted by atomic mass is 32.1. The van der Waals surface area contributed by atoms with Crippen molar-refractivity contribution in [3.05, 3.63) is 65.2 Å². The van der Waals surface area contributed by atoms with E-state index in [1.54, 1.807) is 18.3 Å². The SMILES string of the molecule is CN(C)c1ccc(C(Nc2nccs2)c2ccc(O)cc2O)cc1. The van der Waals surface area contributed by atoms with Crippen LogP contribution in [0.25, 0.3) is 0 Å². The molecule has 0 saturated heterocycles. The molecule has 0 saturated carbocycles. The van der Waals surface area contributed by atoms with Crippen molar-refractivity contribution in [3.63, 3.8) is 0 Å². The normalized spacial score (nSPS) is 11.9. The lowest BCUT2D eigenvalue weighted by Gasteiger charge is -2.21. The standard InChI is InChI=1S/C18H19N3O2S/c1-21(2)13-5-3-12(4-6-13)17(20-18-19-9-10-24-18)15-8-7-14(22)11-16(15)23/h3-11,17,22-23H,1-2H3,(H,19,20). The van der Waals surface area contributed by atoms with Crippen LogP contribution in [0.1, 0.15) is 17.2 Å². The summed E-state index contributed by atoms with van der Waals surface area (Å²) in [5, 5.41) is 25.8. The van der Waals surface area contributed by atoms with Crippen LogP contribution in [0.2, 0.25) is 0 Å². The van der Waals surface area contributed by atoms with Crippen LogP contribution in [-0.2, 0) is 0 Å². The summed E-state index contributed by atoms with van der Waals surface area (Å²) in [6, 6.07) is 12.5. The lowest BCUT2D eigenvalue weighted by Crippen LogP contribution is -2.13. The zero-order chi connectivity index (χ0) is 17.1. The molecule has 0 spiro atoms. The molecule has 0 radical (unpaired) electrons. The molecule has 0 aliphatic heterocycles. The van der Waals surface area contributed by atoms with Crippen LogP contribution >= 0.6 is 11.3 Å². The molecule has 3 N–H and O–H groups in total. The van der Waals surface area contributed by atoms with E-state index < -0.39 is 0 Å². The van der Waals surface area contributed by atoms with E-state index in [-0.39, 0.29) is 17.5 Å². The Balaban J connectivity index is 2.01. The Morgan fingerprint density at radius 1 is 1.08 bits per heavy atom. The van der Waals surface area contributed by atoms with Gasteiger partial charge in [-0.15, -0.1) is 11.3 Å². The summed E-state index contributed by atoms with van der Waals surface area (Å²) in [6.07, 6.45) is 1.73. The Morgan fingerprint density at radius 2 is 1.83 bits per heavy atom.